The van der Waals surface area contributed by atoms with Gasteiger partial charge in [-0.15, -0.1) is 0 Å². The van der Waals surface area contributed by atoms with Crippen molar-refractivity contribution in [2.45, 2.75) is 13.8 Å². The van der Waals surface area contributed by atoms with Crippen LogP contribution >= 0.6 is 0 Å². The molecule has 0 unspecified atom stereocenters. The Hall–Kier alpha value is -2.16. The average molecular weight is 242 g/mol. The fourth-order valence-electron chi connectivity index (χ4n) is 1.78. The van der Waals surface area contributed by atoms with E-state index in [0.717, 1.165) is 28.4 Å². The van der Waals surface area contributed by atoms with Crippen LogP contribution in [-0.4, -0.2) is 6.61 Å². The number of anilines is 3. The van der Waals surface area contributed by atoms with Crippen molar-refractivity contribution >= 4 is 17.1 Å². The van der Waals surface area contributed by atoms with E-state index >= 15 is 0 Å². The van der Waals surface area contributed by atoms with E-state index in [1.807, 2.05) is 56.3 Å². The predicted molar refractivity (Wildman–Crippen MR) is 76.5 cm³/mol. The van der Waals surface area contributed by atoms with Crippen LogP contribution in [0.4, 0.5) is 17.1 Å². The zero-order chi connectivity index (χ0) is 13.0. The van der Waals surface area contributed by atoms with Crippen LogP contribution < -0.4 is 15.8 Å². The lowest BCUT2D eigenvalue weighted by molar-refractivity contribution is 0.340. The molecule has 2 aromatic carbocycles. The van der Waals surface area contributed by atoms with Crippen LogP contribution in [0.3, 0.4) is 0 Å². The van der Waals surface area contributed by atoms with E-state index in [9.17, 15) is 0 Å². The molecule has 2 aromatic rings. The van der Waals surface area contributed by atoms with Gasteiger partial charge in [-0.3, -0.25) is 0 Å². The van der Waals surface area contributed by atoms with E-state index < -0.39 is 0 Å². The number of nitrogens with one attached hydrogen (secondary N) is 1. The summed E-state index contributed by atoms with van der Waals surface area (Å²) in [5.74, 6) is 0.855. The number of nitrogens with two attached hydrogens (primary N) is 1. The fourth-order valence-corrected chi connectivity index (χ4v) is 1.78. The molecule has 3 nitrogen and oxygen atoms in total. The molecule has 0 saturated heterocycles. The van der Waals surface area contributed by atoms with Gasteiger partial charge in [0.2, 0.25) is 0 Å². The van der Waals surface area contributed by atoms with Gasteiger partial charge in [0.1, 0.15) is 5.75 Å². The number of aryl methyl sites for hydroxylation is 1. The van der Waals surface area contributed by atoms with Gasteiger partial charge >= 0.3 is 0 Å². The third kappa shape index (κ3) is 2.74. The average Bonchev–Trinajstić information content (AvgIpc) is 2.36. The van der Waals surface area contributed by atoms with Crippen molar-refractivity contribution in [2.75, 3.05) is 17.7 Å². The third-order valence-electron chi connectivity index (χ3n) is 2.75. The molecule has 94 valence electrons. The molecule has 0 heterocycles. The minimum atomic E-state index is 0.663. The maximum absolute atomic E-state index is 6.03. The normalized spacial score (nSPS) is 10.1. The molecule has 0 aliphatic heterocycles. The Morgan fingerprint density at radius 3 is 2.72 bits per heavy atom. The molecule has 0 fully saturated rings. The third-order valence-corrected chi connectivity index (χ3v) is 2.75. The van der Waals surface area contributed by atoms with Gasteiger partial charge < -0.3 is 15.8 Å². The highest BCUT2D eigenvalue weighted by Crippen LogP contribution is 2.27. The van der Waals surface area contributed by atoms with Crippen LogP contribution in [0.15, 0.2) is 42.5 Å². The van der Waals surface area contributed by atoms with Crippen LogP contribution in [0.5, 0.6) is 5.75 Å². The zero-order valence-electron chi connectivity index (χ0n) is 10.7. The second-order valence-electron chi connectivity index (χ2n) is 4.12. The summed E-state index contributed by atoms with van der Waals surface area (Å²) >= 11 is 0. The molecular weight excluding hydrogens is 224 g/mol. The van der Waals surface area contributed by atoms with Crippen molar-refractivity contribution in [2.24, 2.45) is 0 Å². The van der Waals surface area contributed by atoms with Gasteiger partial charge in [-0.25, -0.2) is 0 Å². The first kappa shape index (κ1) is 12.3. The standard InChI is InChI=1S/C15H18N2O/c1-3-18-13-8-5-7-12(10-13)17-14-9-4-6-11(2)15(14)16/h4-10,17H,3,16H2,1-2H3. The van der Waals surface area contributed by atoms with E-state index in [1.54, 1.807) is 0 Å². The first-order chi connectivity index (χ1) is 8.70. The summed E-state index contributed by atoms with van der Waals surface area (Å²) in [7, 11) is 0. The smallest absolute Gasteiger partial charge is 0.121 e. The van der Waals surface area contributed by atoms with Crippen molar-refractivity contribution in [3.8, 4) is 5.75 Å². The first-order valence-electron chi connectivity index (χ1n) is 6.05. The van der Waals surface area contributed by atoms with Crippen LogP contribution in [0.1, 0.15) is 12.5 Å². The van der Waals surface area contributed by atoms with E-state index in [-0.39, 0.29) is 0 Å². The lowest BCUT2D eigenvalue weighted by atomic mass is 10.1. The Morgan fingerprint density at radius 2 is 1.94 bits per heavy atom. The first-order valence-corrected chi connectivity index (χ1v) is 6.05. The highest BCUT2D eigenvalue weighted by molar-refractivity contribution is 5.75. The van der Waals surface area contributed by atoms with Crippen LogP contribution in [0.2, 0.25) is 0 Å². The Balaban J connectivity index is 2.23. The maximum Gasteiger partial charge on any atom is 0.121 e. The van der Waals surface area contributed by atoms with E-state index in [4.69, 9.17) is 10.5 Å². The molecular formula is C15H18N2O. The lowest BCUT2D eigenvalue weighted by Gasteiger charge is -2.12. The van der Waals surface area contributed by atoms with Crippen molar-refractivity contribution in [1.82, 2.24) is 0 Å². The number of ether oxygens (including phenoxy) is 1. The van der Waals surface area contributed by atoms with Crippen molar-refractivity contribution < 1.29 is 4.74 Å². The summed E-state index contributed by atoms with van der Waals surface area (Å²) in [6.45, 7) is 4.63. The molecule has 0 aromatic heterocycles. The van der Waals surface area contributed by atoms with Gasteiger partial charge in [-0.1, -0.05) is 18.2 Å². The van der Waals surface area contributed by atoms with Crippen LogP contribution in [0, 0.1) is 6.92 Å². The largest absolute Gasteiger partial charge is 0.494 e. The molecule has 0 aliphatic rings. The quantitative estimate of drug-likeness (QED) is 0.803. The molecule has 0 radical (unpaired) electrons. The summed E-state index contributed by atoms with van der Waals surface area (Å²) < 4.78 is 5.47. The summed E-state index contributed by atoms with van der Waals surface area (Å²) in [5.41, 5.74) is 9.77. The second-order valence-corrected chi connectivity index (χ2v) is 4.12. The second kappa shape index (κ2) is 5.45. The molecule has 3 N–H and O–H groups in total. The Bertz CT molecular complexity index is 538. The highest BCUT2D eigenvalue weighted by Gasteiger charge is 2.02. The fraction of sp³-hybridized carbons (Fsp3) is 0.200. The summed E-state index contributed by atoms with van der Waals surface area (Å²) in [4.78, 5) is 0. The molecule has 3 heteroatoms. The van der Waals surface area contributed by atoms with Crippen molar-refractivity contribution in [1.29, 1.82) is 0 Å². The molecule has 18 heavy (non-hydrogen) atoms. The molecule has 2 rings (SSSR count). The molecule has 0 aliphatic carbocycles. The number of para-hydroxylation sites is 1. The number of benzene rings is 2. The minimum absolute atomic E-state index is 0.663. The maximum atomic E-state index is 6.03. The zero-order valence-corrected chi connectivity index (χ0v) is 10.7. The minimum Gasteiger partial charge on any atom is -0.494 e. The van der Waals surface area contributed by atoms with Crippen molar-refractivity contribution in [3.05, 3.63) is 48.0 Å². The van der Waals surface area contributed by atoms with Gasteiger partial charge in [0.15, 0.2) is 0 Å². The van der Waals surface area contributed by atoms with E-state index in [2.05, 4.69) is 5.32 Å². The summed E-state index contributed by atoms with van der Waals surface area (Å²) in [6.07, 6.45) is 0. The van der Waals surface area contributed by atoms with Gasteiger partial charge in [-0.05, 0) is 37.6 Å². The van der Waals surface area contributed by atoms with Gasteiger partial charge in [-0.2, -0.15) is 0 Å². The molecule has 0 atom stereocenters. The highest BCUT2D eigenvalue weighted by atomic mass is 16.5. The number of hydrogen-bond donors (Lipinski definition) is 2. The summed E-state index contributed by atoms with van der Waals surface area (Å²) in [6, 6.07) is 13.8. The molecule has 0 amide bonds. The molecule has 0 bridgehead atoms. The predicted octanol–water partition coefficient (Wildman–Crippen LogP) is 3.72. The summed E-state index contributed by atoms with van der Waals surface area (Å²) in [5, 5.41) is 3.31. The van der Waals surface area contributed by atoms with Crippen molar-refractivity contribution in [3.63, 3.8) is 0 Å². The van der Waals surface area contributed by atoms with Crippen LogP contribution in [0.25, 0.3) is 0 Å². The Morgan fingerprint density at radius 1 is 1.17 bits per heavy atom. The van der Waals surface area contributed by atoms with Gasteiger partial charge in [0, 0.05) is 11.8 Å². The number of hydrogen-bond acceptors (Lipinski definition) is 3. The van der Waals surface area contributed by atoms with Crippen LogP contribution in [-0.2, 0) is 0 Å². The monoisotopic (exact) mass is 242 g/mol. The Labute approximate surface area is 108 Å². The number of rotatable bonds is 4. The van der Waals surface area contributed by atoms with Gasteiger partial charge in [0.05, 0.1) is 18.0 Å². The van der Waals surface area contributed by atoms with E-state index in [1.165, 1.54) is 0 Å². The van der Waals surface area contributed by atoms with Gasteiger partial charge in [0.25, 0.3) is 0 Å². The SMILES string of the molecule is CCOc1cccc(Nc2cccc(C)c2N)c1. The lowest BCUT2D eigenvalue weighted by Crippen LogP contribution is -1.98. The molecule has 0 saturated carbocycles. The number of nitrogen functional groups attached to an aromatic ring is 1. The van der Waals surface area contributed by atoms with E-state index in [0.29, 0.717) is 6.61 Å². The topological polar surface area (TPSA) is 47.3 Å². The molecule has 0 spiro atoms. The Kier molecular flexibility index (Phi) is 3.72.